The molecule has 0 aliphatic carbocycles. The fourth-order valence-electron chi connectivity index (χ4n) is 3.62. The van der Waals surface area contributed by atoms with Crippen LogP contribution in [0.1, 0.15) is 44.2 Å². The second-order valence-corrected chi connectivity index (χ2v) is 7.59. The van der Waals surface area contributed by atoms with Crippen molar-refractivity contribution in [2.45, 2.75) is 48.3 Å². The average Bonchev–Trinajstić information content (AvgIpc) is 2.63. The van der Waals surface area contributed by atoms with Crippen LogP contribution in [0.3, 0.4) is 0 Å². The summed E-state index contributed by atoms with van der Waals surface area (Å²) in [5.74, 6) is 0.0165. The van der Waals surface area contributed by atoms with Gasteiger partial charge in [0, 0.05) is 16.3 Å². The van der Waals surface area contributed by atoms with E-state index < -0.39 is 16.2 Å². The quantitative estimate of drug-likeness (QED) is 0.899. The Kier molecular flexibility index (Phi) is 4.86. The first kappa shape index (κ1) is 16.9. The van der Waals surface area contributed by atoms with E-state index in [0.29, 0.717) is 13.0 Å². The number of rotatable bonds is 5. The molecule has 2 aromatic rings. The highest BCUT2D eigenvalue weighted by atomic mass is 32.2. The van der Waals surface area contributed by atoms with Gasteiger partial charge in [-0.15, -0.1) is 0 Å². The van der Waals surface area contributed by atoms with E-state index in [-0.39, 0.29) is 5.91 Å². The van der Waals surface area contributed by atoms with Crippen molar-refractivity contribution in [3.8, 4) is 0 Å². The van der Waals surface area contributed by atoms with Crippen LogP contribution >= 0.6 is 0 Å². The fraction of sp³-hybridized carbons (Fsp3) is 0.350. The van der Waals surface area contributed by atoms with Crippen LogP contribution in [0, 0.1) is 0 Å². The lowest BCUT2D eigenvalue weighted by atomic mass is 9.70. The zero-order valence-corrected chi connectivity index (χ0v) is 15.0. The molecule has 0 bridgehead atoms. The van der Waals surface area contributed by atoms with E-state index in [4.69, 9.17) is 0 Å². The van der Waals surface area contributed by atoms with Gasteiger partial charge in [0.15, 0.2) is 0 Å². The van der Waals surface area contributed by atoms with Crippen molar-refractivity contribution >= 4 is 16.7 Å². The number of fused-ring (bicyclic) bond motifs is 2. The Morgan fingerprint density at radius 1 is 0.958 bits per heavy atom. The molecule has 0 aromatic heterocycles. The minimum atomic E-state index is -1.24. The number of carbonyl (C=O) groups excluding carboxylic acids is 1. The van der Waals surface area contributed by atoms with Crippen molar-refractivity contribution in [1.82, 2.24) is 5.32 Å². The lowest BCUT2D eigenvalue weighted by Gasteiger charge is -2.39. The number of carbonyl (C=O) groups is 1. The molecule has 1 heterocycles. The van der Waals surface area contributed by atoms with Crippen LogP contribution in [0.25, 0.3) is 0 Å². The van der Waals surface area contributed by atoms with Gasteiger partial charge in [-0.2, -0.15) is 0 Å². The molecule has 24 heavy (non-hydrogen) atoms. The molecule has 2 aromatic carbocycles. The highest BCUT2D eigenvalue weighted by Gasteiger charge is 2.47. The predicted octanol–water partition coefficient (Wildman–Crippen LogP) is 3.78. The van der Waals surface area contributed by atoms with Gasteiger partial charge >= 0.3 is 0 Å². The van der Waals surface area contributed by atoms with Gasteiger partial charge in [0.25, 0.3) is 0 Å². The molecule has 0 atom stereocenters. The van der Waals surface area contributed by atoms with Gasteiger partial charge in [0.2, 0.25) is 5.91 Å². The maximum absolute atomic E-state index is 13.3. The Hall–Kier alpha value is -1.94. The predicted molar refractivity (Wildman–Crippen MR) is 96.5 cm³/mol. The van der Waals surface area contributed by atoms with Gasteiger partial charge in [-0.05, 0) is 36.1 Å². The van der Waals surface area contributed by atoms with Crippen LogP contribution in [0.5, 0.6) is 0 Å². The molecule has 4 heteroatoms. The molecule has 0 spiro atoms. The van der Waals surface area contributed by atoms with Crippen molar-refractivity contribution in [2.24, 2.45) is 0 Å². The van der Waals surface area contributed by atoms with Crippen LogP contribution in [-0.2, 0) is 21.0 Å². The monoisotopic (exact) mass is 341 g/mol. The molecule has 1 aliphatic heterocycles. The average molecular weight is 341 g/mol. The normalized spacial score (nSPS) is 21.7. The molecule has 0 unspecified atom stereocenters. The minimum absolute atomic E-state index is 0.0165. The standard InChI is InChI=1S/C20H23NO2S/c1-3-13-20(19(22)21-14-4-2)15-9-5-7-11-17(15)24(23)18-12-8-6-10-16(18)20/h5-12H,3-4,13-14H2,1-2H3,(H,21,22). The molecule has 0 radical (unpaired) electrons. The number of hydrogen-bond acceptors (Lipinski definition) is 2. The Balaban J connectivity index is 2.29. The van der Waals surface area contributed by atoms with Crippen LogP contribution in [0.4, 0.5) is 0 Å². The number of hydrogen-bond donors (Lipinski definition) is 1. The van der Waals surface area contributed by atoms with Crippen LogP contribution in [0.15, 0.2) is 58.3 Å². The van der Waals surface area contributed by atoms with E-state index in [0.717, 1.165) is 33.8 Å². The summed E-state index contributed by atoms with van der Waals surface area (Å²) in [6.07, 6.45) is 2.46. The SMILES string of the molecule is CCCNC(=O)C1(CCC)c2ccccc2S(=O)c2ccccc21. The summed E-state index contributed by atoms with van der Waals surface area (Å²) >= 11 is 0. The Labute approximate surface area is 145 Å². The maximum atomic E-state index is 13.3. The van der Waals surface area contributed by atoms with E-state index in [9.17, 15) is 9.00 Å². The van der Waals surface area contributed by atoms with Crippen LogP contribution < -0.4 is 5.32 Å². The van der Waals surface area contributed by atoms with Gasteiger partial charge in [-0.3, -0.25) is 4.79 Å². The van der Waals surface area contributed by atoms with E-state index >= 15 is 0 Å². The zero-order valence-electron chi connectivity index (χ0n) is 14.2. The number of amides is 1. The number of nitrogens with one attached hydrogen (secondary N) is 1. The summed E-state index contributed by atoms with van der Waals surface area (Å²) in [5.41, 5.74) is 1.01. The molecule has 1 N–H and O–H groups in total. The first-order chi connectivity index (χ1) is 11.7. The van der Waals surface area contributed by atoms with E-state index in [2.05, 4.69) is 12.2 Å². The second kappa shape index (κ2) is 6.89. The summed E-state index contributed by atoms with van der Waals surface area (Å²) in [4.78, 5) is 14.8. The first-order valence-electron chi connectivity index (χ1n) is 8.56. The van der Waals surface area contributed by atoms with Crippen molar-refractivity contribution in [3.63, 3.8) is 0 Å². The fourth-order valence-corrected chi connectivity index (χ4v) is 5.14. The summed E-state index contributed by atoms with van der Waals surface area (Å²) in [7, 11) is -1.24. The molecular formula is C20H23NO2S. The van der Waals surface area contributed by atoms with Gasteiger partial charge in [0.1, 0.15) is 5.41 Å². The van der Waals surface area contributed by atoms with E-state index in [1.54, 1.807) is 0 Å². The molecule has 1 amide bonds. The lowest BCUT2D eigenvalue weighted by molar-refractivity contribution is -0.125. The second-order valence-electron chi connectivity index (χ2n) is 6.17. The summed E-state index contributed by atoms with van der Waals surface area (Å²) in [6.45, 7) is 4.79. The third-order valence-electron chi connectivity index (χ3n) is 4.64. The first-order valence-corrected chi connectivity index (χ1v) is 9.70. The molecular weight excluding hydrogens is 318 g/mol. The van der Waals surface area contributed by atoms with Crippen LogP contribution in [0.2, 0.25) is 0 Å². The summed E-state index contributed by atoms with van der Waals surface area (Å²) in [5, 5.41) is 3.09. The molecule has 0 fully saturated rings. The smallest absolute Gasteiger partial charge is 0.235 e. The van der Waals surface area contributed by atoms with Gasteiger partial charge in [-0.1, -0.05) is 56.7 Å². The van der Waals surface area contributed by atoms with Crippen molar-refractivity contribution < 1.29 is 9.00 Å². The third-order valence-corrected chi connectivity index (χ3v) is 6.15. The molecule has 3 rings (SSSR count). The molecule has 3 nitrogen and oxygen atoms in total. The Morgan fingerprint density at radius 3 is 2.00 bits per heavy atom. The maximum Gasteiger partial charge on any atom is 0.235 e. The topological polar surface area (TPSA) is 46.2 Å². The zero-order chi connectivity index (χ0) is 17.2. The molecule has 0 saturated heterocycles. The molecule has 1 aliphatic rings. The third kappa shape index (κ3) is 2.49. The highest BCUT2D eigenvalue weighted by molar-refractivity contribution is 7.85. The van der Waals surface area contributed by atoms with E-state index in [1.807, 2.05) is 55.5 Å². The van der Waals surface area contributed by atoms with Crippen LogP contribution in [-0.4, -0.2) is 16.7 Å². The van der Waals surface area contributed by atoms with Gasteiger partial charge < -0.3 is 5.32 Å². The largest absolute Gasteiger partial charge is 0.355 e. The van der Waals surface area contributed by atoms with Gasteiger partial charge in [-0.25, -0.2) is 4.21 Å². The van der Waals surface area contributed by atoms with Gasteiger partial charge in [0.05, 0.1) is 10.8 Å². The lowest BCUT2D eigenvalue weighted by Crippen LogP contribution is -2.48. The van der Waals surface area contributed by atoms with Crippen molar-refractivity contribution in [3.05, 3.63) is 59.7 Å². The highest BCUT2D eigenvalue weighted by Crippen LogP contribution is 2.47. The summed E-state index contributed by atoms with van der Waals surface area (Å²) in [6, 6.07) is 15.4. The minimum Gasteiger partial charge on any atom is -0.355 e. The van der Waals surface area contributed by atoms with Crippen molar-refractivity contribution in [2.75, 3.05) is 6.54 Å². The Bertz CT molecular complexity index is 735. The van der Waals surface area contributed by atoms with Crippen molar-refractivity contribution in [1.29, 1.82) is 0 Å². The molecule has 0 saturated carbocycles. The molecule has 126 valence electrons. The van der Waals surface area contributed by atoms with E-state index in [1.165, 1.54) is 0 Å². The summed E-state index contributed by atoms with van der Waals surface area (Å²) < 4.78 is 13.0. The number of benzene rings is 2. The Morgan fingerprint density at radius 2 is 1.50 bits per heavy atom.